The van der Waals surface area contributed by atoms with Crippen LogP contribution in [0.25, 0.3) is 0 Å². The number of anilines is 2. The summed E-state index contributed by atoms with van der Waals surface area (Å²) in [6.07, 6.45) is 4.05. The number of esters is 1. The molecule has 1 saturated heterocycles. The lowest BCUT2D eigenvalue weighted by atomic mass is 9.95. The maximum Gasteiger partial charge on any atom is 0.341 e. The molecular formula is C22H24N2O4S. The van der Waals surface area contributed by atoms with Gasteiger partial charge in [0.15, 0.2) is 0 Å². The minimum absolute atomic E-state index is 0.0626. The number of nitrogens with zero attached hydrogens (tertiary/aromatic N) is 1. The minimum atomic E-state index is -0.447. The number of rotatable bonds is 5. The van der Waals surface area contributed by atoms with Crippen molar-refractivity contribution in [3.8, 4) is 0 Å². The zero-order chi connectivity index (χ0) is 20.4. The molecule has 7 heteroatoms. The molecule has 1 N–H and O–H groups in total. The smallest absolute Gasteiger partial charge is 0.341 e. The van der Waals surface area contributed by atoms with Crippen LogP contribution in [-0.4, -0.2) is 30.9 Å². The Morgan fingerprint density at radius 3 is 2.72 bits per heavy atom. The second-order valence-electron chi connectivity index (χ2n) is 7.37. The van der Waals surface area contributed by atoms with Crippen molar-refractivity contribution in [2.45, 2.75) is 39.0 Å². The molecule has 0 saturated carbocycles. The van der Waals surface area contributed by atoms with Crippen LogP contribution in [0.4, 0.5) is 10.7 Å². The molecule has 0 bridgehead atoms. The van der Waals surface area contributed by atoms with E-state index < -0.39 is 5.92 Å². The number of para-hydroxylation sites is 1. The van der Waals surface area contributed by atoms with Crippen LogP contribution in [0.1, 0.15) is 47.0 Å². The van der Waals surface area contributed by atoms with Gasteiger partial charge < -0.3 is 15.0 Å². The molecule has 2 heterocycles. The van der Waals surface area contributed by atoms with Gasteiger partial charge in [-0.2, -0.15) is 0 Å². The summed E-state index contributed by atoms with van der Waals surface area (Å²) in [7, 11) is 0. The van der Waals surface area contributed by atoms with E-state index in [-0.39, 0.29) is 24.2 Å². The van der Waals surface area contributed by atoms with Gasteiger partial charge in [0.25, 0.3) is 0 Å². The Bertz CT molecular complexity index is 938. The van der Waals surface area contributed by atoms with Gasteiger partial charge >= 0.3 is 5.97 Å². The molecule has 1 atom stereocenters. The fourth-order valence-electron chi connectivity index (χ4n) is 4.03. The van der Waals surface area contributed by atoms with Gasteiger partial charge in [-0.3, -0.25) is 9.59 Å². The van der Waals surface area contributed by atoms with Gasteiger partial charge in [-0.1, -0.05) is 18.2 Å². The van der Waals surface area contributed by atoms with Crippen LogP contribution < -0.4 is 10.2 Å². The van der Waals surface area contributed by atoms with Crippen LogP contribution in [-0.2, 0) is 27.2 Å². The fourth-order valence-corrected chi connectivity index (χ4v) is 5.31. The number of hydrogen-bond donors (Lipinski definition) is 1. The predicted molar refractivity (Wildman–Crippen MR) is 112 cm³/mol. The summed E-state index contributed by atoms with van der Waals surface area (Å²) >= 11 is 1.47. The second-order valence-corrected chi connectivity index (χ2v) is 8.47. The Hall–Kier alpha value is -2.67. The largest absolute Gasteiger partial charge is 0.462 e. The average molecular weight is 413 g/mol. The normalized spacial score (nSPS) is 18.4. The number of aryl methyl sites for hydroxylation is 1. The van der Waals surface area contributed by atoms with Crippen molar-refractivity contribution in [2.75, 3.05) is 23.4 Å². The van der Waals surface area contributed by atoms with Gasteiger partial charge in [-0.15, -0.1) is 11.3 Å². The number of thiophene rings is 1. The fraction of sp³-hybridized carbons (Fsp3) is 0.409. The molecule has 1 aromatic heterocycles. The van der Waals surface area contributed by atoms with Crippen molar-refractivity contribution >= 4 is 39.8 Å². The lowest BCUT2D eigenvalue weighted by molar-refractivity contribution is -0.122. The molecule has 1 aliphatic heterocycles. The zero-order valence-electron chi connectivity index (χ0n) is 16.4. The number of benzene rings is 1. The molecule has 0 spiro atoms. The highest BCUT2D eigenvalue weighted by molar-refractivity contribution is 7.17. The van der Waals surface area contributed by atoms with E-state index >= 15 is 0 Å². The molecule has 0 radical (unpaired) electrons. The van der Waals surface area contributed by atoms with Gasteiger partial charge in [0.05, 0.1) is 18.1 Å². The highest BCUT2D eigenvalue weighted by Gasteiger charge is 2.36. The molecule has 2 aromatic rings. The summed E-state index contributed by atoms with van der Waals surface area (Å²) in [5.74, 6) is -1.11. The molecule has 1 aliphatic carbocycles. The third-order valence-corrected chi connectivity index (χ3v) is 6.66. The van der Waals surface area contributed by atoms with E-state index in [2.05, 4.69) is 5.32 Å². The molecule has 2 amide bonds. The maximum absolute atomic E-state index is 12.9. The van der Waals surface area contributed by atoms with Gasteiger partial charge in [-0.25, -0.2) is 4.79 Å². The van der Waals surface area contributed by atoms with Crippen LogP contribution in [0.15, 0.2) is 30.3 Å². The van der Waals surface area contributed by atoms with Gasteiger partial charge in [-0.05, 0) is 50.3 Å². The maximum atomic E-state index is 12.9. The van der Waals surface area contributed by atoms with Gasteiger partial charge in [0.1, 0.15) is 5.00 Å². The quantitative estimate of drug-likeness (QED) is 0.758. The number of carbonyl (C=O) groups excluding carboxylic acids is 3. The van der Waals surface area contributed by atoms with Gasteiger partial charge in [0, 0.05) is 23.5 Å². The molecule has 1 fully saturated rings. The summed E-state index contributed by atoms with van der Waals surface area (Å²) in [5.41, 5.74) is 2.32. The molecule has 29 heavy (non-hydrogen) atoms. The molecule has 6 nitrogen and oxygen atoms in total. The van der Waals surface area contributed by atoms with Crippen molar-refractivity contribution in [3.63, 3.8) is 0 Å². The van der Waals surface area contributed by atoms with E-state index in [4.69, 9.17) is 4.74 Å². The first-order valence-corrected chi connectivity index (χ1v) is 10.9. The van der Waals surface area contributed by atoms with E-state index in [1.165, 1.54) is 11.3 Å². The first-order chi connectivity index (χ1) is 14.1. The number of fused-ring (bicyclic) bond motifs is 1. The van der Waals surface area contributed by atoms with Crippen LogP contribution in [0.3, 0.4) is 0 Å². The van der Waals surface area contributed by atoms with E-state index in [0.717, 1.165) is 41.8 Å². The van der Waals surface area contributed by atoms with Crippen molar-refractivity contribution in [3.05, 3.63) is 46.3 Å². The zero-order valence-corrected chi connectivity index (χ0v) is 17.2. The topological polar surface area (TPSA) is 75.7 Å². The number of ether oxygens (including phenoxy) is 1. The van der Waals surface area contributed by atoms with E-state index in [9.17, 15) is 14.4 Å². The van der Waals surface area contributed by atoms with E-state index in [1.807, 2.05) is 30.3 Å². The molecule has 1 aromatic carbocycles. The van der Waals surface area contributed by atoms with E-state index in [1.54, 1.807) is 11.8 Å². The van der Waals surface area contributed by atoms with Crippen LogP contribution in [0.2, 0.25) is 0 Å². The minimum Gasteiger partial charge on any atom is -0.462 e. The number of carbonyl (C=O) groups is 3. The van der Waals surface area contributed by atoms with Crippen LogP contribution in [0.5, 0.6) is 0 Å². The molecule has 152 valence electrons. The number of amides is 2. The second kappa shape index (κ2) is 8.37. The number of hydrogen-bond acceptors (Lipinski definition) is 5. The Morgan fingerprint density at radius 2 is 1.97 bits per heavy atom. The first kappa shape index (κ1) is 19.6. The third-order valence-electron chi connectivity index (χ3n) is 5.45. The lowest BCUT2D eigenvalue weighted by Crippen LogP contribution is -2.28. The third kappa shape index (κ3) is 3.92. The average Bonchev–Trinajstić information content (AvgIpc) is 3.29. The Balaban J connectivity index is 1.54. The summed E-state index contributed by atoms with van der Waals surface area (Å²) in [5, 5.41) is 3.50. The SMILES string of the molecule is CCOC(=O)c1c(NC(=O)[C@H]2CC(=O)N(c3ccccc3)C2)sc2c1CCCC2. The molecule has 2 aliphatic rings. The first-order valence-electron chi connectivity index (χ1n) is 10.1. The summed E-state index contributed by atoms with van der Waals surface area (Å²) in [6, 6.07) is 9.37. The summed E-state index contributed by atoms with van der Waals surface area (Å²) < 4.78 is 5.25. The van der Waals surface area contributed by atoms with Crippen molar-refractivity contribution in [1.29, 1.82) is 0 Å². The molecule has 0 unspecified atom stereocenters. The Morgan fingerprint density at radius 1 is 1.21 bits per heavy atom. The van der Waals surface area contributed by atoms with Crippen molar-refractivity contribution in [1.82, 2.24) is 0 Å². The molecule has 4 rings (SSSR count). The highest BCUT2D eigenvalue weighted by Crippen LogP contribution is 2.39. The lowest BCUT2D eigenvalue weighted by Gasteiger charge is -2.16. The van der Waals surface area contributed by atoms with Gasteiger partial charge in [0.2, 0.25) is 11.8 Å². The van der Waals surface area contributed by atoms with Crippen LogP contribution >= 0.6 is 11.3 Å². The predicted octanol–water partition coefficient (Wildman–Crippen LogP) is 3.80. The van der Waals surface area contributed by atoms with E-state index in [0.29, 0.717) is 23.7 Å². The summed E-state index contributed by atoms with van der Waals surface area (Å²) in [4.78, 5) is 40.7. The van der Waals surface area contributed by atoms with Crippen LogP contribution in [0, 0.1) is 5.92 Å². The standard InChI is InChI=1S/C22H24N2O4S/c1-2-28-22(27)19-16-10-6-7-11-17(16)29-21(19)23-20(26)14-12-18(25)24(13-14)15-8-4-3-5-9-15/h3-5,8-9,14H,2,6-7,10-13H2,1H3,(H,23,26)/t14-/m0/s1. The van der Waals surface area contributed by atoms with Crippen molar-refractivity contribution in [2.24, 2.45) is 5.92 Å². The highest BCUT2D eigenvalue weighted by atomic mass is 32.1. The molecular weight excluding hydrogens is 388 g/mol. The Labute approximate surface area is 173 Å². The Kier molecular flexibility index (Phi) is 5.67. The summed E-state index contributed by atoms with van der Waals surface area (Å²) in [6.45, 7) is 2.41. The van der Waals surface area contributed by atoms with Crippen molar-refractivity contribution < 1.29 is 19.1 Å². The monoisotopic (exact) mass is 412 g/mol. The number of nitrogens with one attached hydrogen (secondary N) is 1.